The number of hydrogen-bond acceptors (Lipinski definition) is 7. The zero-order valence-corrected chi connectivity index (χ0v) is 20.0. The number of aromatic nitrogens is 2. The van der Waals surface area contributed by atoms with Crippen LogP contribution in [0.15, 0.2) is 70.5 Å². The number of nitrogens with zero attached hydrogens (tertiary/aromatic N) is 2. The predicted octanol–water partition coefficient (Wildman–Crippen LogP) is 2.78. The van der Waals surface area contributed by atoms with E-state index in [-0.39, 0.29) is 11.3 Å². The lowest BCUT2D eigenvalue weighted by molar-refractivity contribution is 0.306. The first-order valence-corrected chi connectivity index (χ1v) is 13.2. The first kappa shape index (κ1) is 22.8. The molecule has 9 heteroatoms. The van der Waals surface area contributed by atoms with E-state index in [0.29, 0.717) is 24.2 Å². The van der Waals surface area contributed by atoms with Gasteiger partial charge in [-0.25, -0.2) is 13.4 Å². The van der Waals surface area contributed by atoms with Gasteiger partial charge < -0.3 is 15.6 Å². The number of nitrogens with one attached hydrogen (secondary N) is 4. The zero-order chi connectivity index (χ0) is 23.6. The Morgan fingerprint density at radius 3 is 2.79 bits per heavy atom. The topological polar surface area (TPSA) is 111 Å². The molecule has 2 aromatic heterocycles. The summed E-state index contributed by atoms with van der Waals surface area (Å²) in [6, 6.07) is 3.99. The third kappa shape index (κ3) is 4.77. The predicted molar refractivity (Wildman–Crippen MR) is 137 cm³/mol. The zero-order valence-electron chi connectivity index (χ0n) is 19.2. The molecule has 0 aromatic carbocycles. The molecule has 178 valence electrons. The van der Waals surface area contributed by atoms with E-state index in [1.165, 1.54) is 0 Å². The molecule has 2 aromatic rings. The Morgan fingerprint density at radius 1 is 1.21 bits per heavy atom. The van der Waals surface area contributed by atoms with E-state index >= 15 is 0 Å². The Morgan fingerprint density at radius 2 is 2.06 bits per heavy atom. The highest BCUT2D eigenvalue weighted by Gasteiger charge is 2.32. The van der Waals surface area contributed by atoms with E-state index in [1.54, 1.807) is 12.3 Å². The van der Waals surface area contributed by atoms with Gasteiger partial charge in [-0.05, 0) is 63.0 Å². The fourth-order valence-corrected chi connectivity index (χ4v) is 6.40. The standard InChI is InChI=1S/C25H30N6O2S/c1-25(31-20-4-6-21(7-5-20)34(32,33)22-9-12-26-13-10-22)29-16-18(17-30-25)2-3-19-8-14-27-24-23(19)11-15-28-24/h2-4,6-8,11,14-17,20,22,26,29,31H,5,9-10,12-13H2,1H3,(H,27,28)/b3-2+. The van der Waals surface area contributed by atoms with Crippen LogP contribution < -0.4 is 16.0 Å². The molecule has 4 heterocycles. The van der Waals surface area contributed by atoms with E-state index in [0.717, 1.165) is 35.3 Å². The summed E-state index contributed by atoms with van der Waals surface area (Å²) >= 11 is 0. The second-order valence-electron chi connectivity index (χ2n) is 9.04. The van der Waals surface area contributed by atoms with Gasteiger partial charge in [0.2, 0.25) is 0 Å². The van der Waals surface area contributed by atoms with Crippen molar-refractivity contribution in [2.24, 2.45) is 4.99 Å². The molecule has 8 nitrogen and oxygen atoms in total. The Balaban J connectivity index is 1.19. The number of sulfone groups is 1. The molecule has 2 atom stereocenters. The second kappa shape index (κ2) is 9.32. The van der Waals surface area contributed by atoms with Crippen LogP contribution in [0, 0.1) is 0 Å². The van der Waals surface area contributed by atoms with E-state index < -0.39 is 15.6 Å². The summed E-state index contributed by atoms with van der Waals surface area (Å²) in [7, 11) is -3.27. The smallest absolute Gasteiger partial charge is 0.181 e. The van der Waals surface area contributed by atoms with Crippen molar-refractivity contribution in [3.63, 3.8) is 0 Å². The first-order chi connectivity index (χ1) is 16.4. The van der Waals surface area contributed by atoms with Crippen LogP contribution >= 0.6 is 0 Å². The van der Waals surface area contributed by atoms with Gasteiger partial charge in [-0.1, -0.05) is 24.3 Å². The molecule has 0 saturated carbocycles. The van der Waals surface area contributed by atoms with Crippen molar-refractivity contribution >= 4 is 33.2 Å². The molecule has 0 bridgehead atoms. The van der Waals surface area contributed by atoms with Crippen LogP contribution in [-0.4, -0.2) is 54.8 Å². The molecular weight excluding hydrogens is 448 g/mol. The van der Waals surface area contributed by atoms with Crippen LogP contribution in [0.2, 0.25) is 0 Å². The molecule has 0 spiro atoms. The summed E-state index contributed by atoms with van der Waals surface area (Å²) in [4.78, 5) is 12.6. The molecule has 1 fully saturated rings. The monoisotopic (exact) mass is 478 g/mol. The van der Waals surface area contributed by atoms with E-state index in [4.69, 9.17) is 0 Å². The van der Waals surface area contributed by atoms with Gasteiger partial charge in [0.15, 0.2) is 15.6 Å². The van der Waals surface area contributed by atoms with E-state index in [1.807, 2.05) is 62.0 Å². The van der Waals surface area contributed by atoms with Crippen molar-refractivity contribution < 1.29 is 8.42 Å². The van der Waals surface area contributed by atoms with E-state index in [9.17, 15) is 8.42 Å². The van der Waals surface area contributed by atoms with Gasteiger partial charge in [0.25, 0.3) is 0 Å². The minimum Gasteiger partial charge on any atom is -0.355 e. The molecule has 2 aliphatic heterocycles. The maximum Gasteiger partial charge on any atom is 0.181 e. The number of H-pyrrole nitrogens is 1. The van der Waals surface area contributed by atoms with Gasteiger partial charge in [0.05, 0.1) is 10.2 Å². The molecule has 2 unspecified atom stereocenters. The minimum atomic E-state index is -3.27. The molecule has 3 aliphatic rings. The summed E-state index contributed by atoms with van der Waals surface area (Å²) < 4.78 is 25.9. The lowest BCUT2D eigenvalue weighted by atomic mass is 10.1. The van der Waals surface area contributed by atoms with Crippen molar-refractivity contribution in [2.75, 3.05) is 13.1 Å². The lowest BCUT2D eigenvalue weighted by Gasteiger charge is -2.34. The van der Waals surface area contributed by atoms with Gasteiger partial charge in [0.1, 0.15) is 5.65 Å². The van der Waals surface area contributed by atoms with Gasteiger partial charge in [-0.15, -0.1) is 0 Å². The summed E-state index contributed by atoms with van der Waals surface area (Å²) in [5, 5.41) is 10.8. The third-order valence-corrected chi connectivity index (χ3v) is 8.84. The van der Waals surface area contributed by atoms with Crippen molar-refractivity contribution in [1.82, 2.24) is 25.9 Å². The first-order valence-electron chi connectivity index (χ1n) is 11.7. The normalized spacial score (nSPS) is 26.0. The molecule has 5 rings (SSSR count). The number of aliphatic imine (C=N–C) groups is 1. The number of hydrogen-bond donors (Lipinski definition) is 4. The maximum absolute atomic E-state index is 12.9. The van der Waals surface area contributed by atoms with Gasteiger partial charge in [-0.2, -0.15) is 0 Å². The largest absolute Gasteiger partial charge is 0.355 e. The average molecular weight is 479 g/mol. The van der Waals surface area contributed by atoms with E-state index in [2.05, 4.69) is 30.9 Å². The molecular formula is C25H30N6O2S. The van der Waals surface area contributed by atoms with Crippen LogP contribution in [0.3, 0.4) is 0 Å². The molecule has 0 radical (unpaired) electrons. The number of fused-ring (bicyclic) bond motifs is 1. The SMILES string of the molecule is CC1(NC2C=CC(S(=O)(=O)C3CCNCC3)=CC2)N=CC(/C=C/c2ccnc3[nH]ccc23)=CN1. The summed E-state index contributed by atoms with van der Waals surface area (Å²) in [5.74, 6) is -0.670. The fraction of sp³-hybridized carbons (Fsp3) is 0.360. The molecule has 0 amide bonds. The molecule has 4 N–H and O–H groups in total. The van der Waals surface area contributed by atoms with Crippen LogP contribution in [0.25, 0.3) is 17.1 Å². The van der Waals surface area contributed by atoms with Crippen LogP contribution in [0.1, 0.15) is 31.7 Å². The Kier molecular flexibility index (Phi) is 6.24. The summed E-state index contributed by atoms with van der Waals surface area (Å²) in [6.45, 7) is 3.49. The fourth-order valence-electron chi connectivity index (χ4n) is 4.56. The highest BCUT2D eigenvalue weighted by atomic mass is 32.2. The number of allylic oxidation sites excluding steroid dienone is 3. The second-order valence-corrected chi connectivity index (χ2v) is 11.3. The van der Waals surface area contributed by atoms with Crippen molar-refractivity contribution in [3.05, 3.63) is 71.1 Å². The Bertz CT molecular complexity index is 1310. The maximum atomic E-state index is 12.9. The van der Waals surface area contributed by atoms with Gasteiger partial charge in [-0.3, -0.25) is 10.3 Å². The van der Waals surface area contributed by atoms with Crippen molar-refractivity contribution in [2.45, 2.75) is 43.3 Å². The third-order valence-electron chi connectivity index (χ3n) is 6.53. The van der Waals surface area contributed by atoms with Crippen molar-refractivity contribution in [3.8, 4) is 0 Å². The van der Waals surface area contributed by atoms with Crippen LogP contribution in [-0.2, 0) is 9.84 Å². The van der Waals surface area contributed by atoms with Crippen LogP contribution in [0.4, 0.5) is 0 Å². The number of aromatic amines is 1. The summed E-state index contributed by atoms with van der Waals surface area (Å²) in [6.07, 6.45) is 19.0. The molecule has 34 heavy (non-hydrogen) atoms. The summed E-state index contributed by atoms with van der Waals surface area (Å²) in [5.41, 5.74) is 2.90. The number of piperidine rings is 1. The quantitative estimate of drug-likeness (QED) is 0.508. The number of rotatable bonds is 6. The highest BCUT2D eigenvalue weighted by molar-refractivity contribution is 7.96. The average Bonchev–Trinajstić information content (AvgIpc) is 3.34. The Hall–Kier alpha value is -3.01. The molecule has 1 saturated heterocycles. The van der Waals surface area contributed by atoms with Crippen molar-refractivity contribution in [1.29, 1.82) is 0 Å². The van der Waals surface area contributed by atoms with Crippen LogP contribution in [0.5, 0.6) is 0 Å². The number of pyridine rings is 1. The molecule has 1 aliphatic carbocycles. The lowest BCUT2D eigenvalue weighted by Crippen LogP contribution is -2.55. The van der Waals surface area contributed by atoms with Gasteiger partial charge >= 0.3 is 0 Å². The van der Waals surface area contributed by atoms with Gasteiger partial charge in [0, 0.05) is 41.8 Å². The highest BCUT2D eigenvalue weighted by Crippen LogP contribution is 2.26. The Labute approximate surface area is 200 Å². The minimum absolute atomic E-state index is 0.00851.